The van der Waals surface area contributed by atoms with Crippen molar-refractivity contribution in [1.82, 2.24) is 0 Å². The van der Waals surface area contributed by atoms with Gasteiger partial charge in [0.1, 0.15) is 0 Å². The lowest BCUT2D eigenvalue weighted by Gasteiger charge is -1.90. The number of hydrogen-bond donors (Lipinski definition) is 0. The van der Waals surface area contributed by atoms with Crippen molar-refractivity contribution >= 4 is 11.6 Å². The van der Waals surface area contributed by atoms with Gasteiger partial charge in [-0.1, -0.05) is 30.7 Å². The molecule has 0 aromatic heterocycles. The molecule has 52 valence electrons. The molecule has 0 rings (SSSR count). The molecule has 0 aromatic carbocycles. The van der Waals surface area contributed by atoms with Crippen LogP contribution in [-0.2, 0) is 0 Å². The van der Waals surface area contributed by atoms with E-state index in [-0.39, 0.29) is 0 Å². The normalized spacial score (nSPS) is 14.2. The molecule has 0 radical (unpaired) electrons. The fourth-order valence-electron chi connectivity index (χ4n) is 0.409. The molecule has 0 saturated heterocycles. The molecule has 9 heavy (non-hydrogen) atoms. The first-order chi connectivity index (χ1) is 4.18. The van der Waals surface area contributed by atoms with E-state index in [0.717, 1.165) is 17.0 Å². The monoisotopic (exact) mass is 144 g/mol. The van der Waals surface area contributed by atoms with E-state index in [1.165, 1.54) is 0 Å². The fourth-order valence-corrected chi connectivity index (χ4v) is 0.472. The second-order valence-electron chi connectivity index (χ2n) is 2.03. The Morgan fingerprint density at radius 3 is 2.33 bits per heavy atom. The van der Waals surface area contributed by atoms with Crippen molar-refractivity contribution < 1.29 is 0 Å². The molecule has 0 aromatic rings. The molecule has 0 saturated carbocycles. The van der Waals surface area contributed by atoms with Crippen molar-refractivity contribution in [3.63, 3.8) is 0 Å². The molecular formula is C8H13Cl. The highest BCUT2D eigenvalue weighted by Crippen LogP contribution is 2.08. The molecule has 0 aliphatic heterocycles. The lowest BCUT2D eigenvalue weighted by molar-refractivity contribution is 1.21. The van der Waals surface area contributed by atoms with Crippen LogP contribution in [0.25, 0.3) is 0 Å². The minimum atomic E-state index is 0.875. The predicted octanol–water partition coefficient (Wildman–Crippen LogP) is 3.49. The van der Waals surface area contributed by atoms with E-state index in [1.807, 2.05) is 19.9 Å². The Bertz CT molecular complexity index is 128. The molecule has 0 fully saturated rings. The Hall–Kier alpha value is -0.230. The van der Waals surface area contributed by atoms with Gasteiger partial charge in [0.05, 0.1) is 0 Å². The molecule has 0 heterocycles. The van der Waals surface area contributed by atoms with Gasteiger partial charge in [0.2, 0.25) is 0 Å². The van der Waals surface area contributed by atoms with Gasteiger partial charge in [-0.25, -0.2) is 0 Å². The summed E-state index contributed by atoms with van der Waals surface area (Å²) in [6, 6.07) is 0. The van der Waals surface area contributed by atoms with E-state index in [9.17, 15) is 0 Å². The Morgan fingerprint density at radius 2 is 2.00 bits per heavy atom. The Labute approximate surface area is 62.2 Å². The second-order valence-corrected chi connectivity index (χ2v) is 2.59. The van der Waals surface area contributed by atoms with Gasteiger partial charge in [-0.2, -0.15) is 0 Å². The smallest absolute Gasteiger partial charge is 0.0179 e. The summed E-state index contributed by atoms with van der Waals surface area (Å²) in [5, 5.41) is 0.875. The molecular weight excluding hydrogens is 132 g/mol. The standard InChI is InChI=1S/C8H13Cl/c1-4-5-6-7(2)8(3)9/h5-6H,4H2,1-3H3/b6-5-,8-7+. The van der Waals surface area contributed by atoms with Crippen LogP contribution in [0.2, 0.25) is 0 Å². The van der Waals surface area contributed by atoms with Crippen molar-refractivity contribution in [1.29, 1.82) is 0 Å². The van der Waals surface area contributed by atoms with Gasteiger partial charge in [-0.05, 0) is 25.8 Å². The summed E-state index contributed by atoms with van der Waals surface area (Å²) in [5.74, 6) is 0. The van der Waals surface area contributed by atoms with E-state index in [1.54, 1.807) is 0 Å². The van der Waals surface area contributed by atoms with Crippen LogP contribution in [0.1, 0.15) is 27.2 Å². The van der Waals surface area contributed by atoms with Crippen LogP contribution in [0, 0.1) is 0 Å². The minimum absolute atomic E-state index is 0.875. The first-order valence-corrected chi connectivity index (χ1v) is 3.55. The first-order valence-electron chi connectivity index (χ1n) is 3.18. The first kappa shape index (κ1) is 8.77. The third-order valence-corrected chi connectivity index (χ3v) is 1.45. The second kappa shape index (κ2) is 4.63. The maximum atomic E-state index is 5.69. The van der Waals surface area contributed by atoms with E-state index < -0.39 is 0 Å². The Balaban J connectivity index is 3.91. The van der Waals surface area contributed by atoms with Gasteiger partial charge < -0.3 is 0 Å². The van der Waals surface area contributed by atoms with Crippen LogP contribution >= 0.6 is 11.6 Å². The summed E-state index contributed by atoms with van der Waals surface area (Å²) in [6.07, 6.45) is 5.21. The number of hydrogen-bond acceptors (Lipinski definition) is 0. The highest BCUT2D eigenvalue weighted by Gasteiger charge is 1.84. The lowest BCUT2D eigenvalue weighted by Crippen LogP contribution is -1.69. The van der Waals surface area contributed by atoms with Gasteiger partial charge in [-0.15, -0.1) is 0 Å². The number of allylic oxidation sites excluding steroid dienone is 4. The lowest BCUT2D eigenvalue weighted by atomic mass is 10.2. The van der Waals surface area contributed by atoms with E-state index in [2.05, 4.69) is 13.0 Å². The van der Waals surface area contributed by atoms with Gasteiger partial charge in [0, 0.05) is 5.03 Å². The quantitative estimate of drug-likeness (QED) is 0.521. The van der Waals surface area contributed by atoms with Crippen LogP contribution in [0.5, 0.6) is 0 Å². The maximum Gasteiger partial charge on any atom is 0.0179 e. The van der Waals surface area contributed by atoms with Crippen LogP contribution in [-0.4, -0.2) is 0 Å². The molecule has 1 heteroatoms. The zero-order valence-corrected chi connectivity index (χ0v) is 7.00. The van der Waals surface area contributed by atoms with Crippen LogP contribution < -0.4 is 0 Å². The molecule has 0 amide bonds. The summed E-state index contributed by atoms with van der Waals surface area (Å²) in [7, 11) is 0. The van der Waals surface area contributed by atoms with Gasteiger partial charge in [0.15, 0.2) is 0 Å². The molecule has 0 N–H and O–H groups in total. The number of halogens is 1. The highest BCUT2D eigenvalue weighted by atomic mass is 35.5. The highest BCUT2D eigenvalue weighted by molar-refractivity contribution is 6.29. The number of rotatable bonds is 2. The summed E-state index contributed by atoms with van der Waals surface area (Å²) in [6.45, 7) is 6.01. The van der Waals surface area contributed by atoms with E-state index in [4.69, 9.17) is 11.6 Å². The molecule has 0 nitrogen and oxygen atoms in total. The van der Waals surface area contributed by atoms with E-state index in [0.29, 0.717) is 0 Å². The average Bonchev–Trinajstić information content (AvgIpc) is 1.82. The largest absolute Gasteiger partial charge is 0.0892 e. The van der Waals surface area contributed by atoms with E-state index >= 15 is 0 Å². The summed E-state index contributed by atoms with van der Waals surface area (Å²) in [4.78, 5) is 0. The molecule has 0 atom stereocenters. The van der Waals surface area contributed by atoms with Crippen LogP contribution in [0.15, 0.2) is 22.8 Å². The van der Waals surface area contributed by atoms with Gasteiger partial charge in [-0.3, -0.25) is 0 Å². The molecule has 0 unspecified atom stereocenters. The molecule has 0 spiro atoms. The minimum Gasteiger partial charge on any atom is -0.0892 e. The zero-order chi connectivity index (χ0) is 7.28. The van der Waals surface area contributed by atoms with Crippen LogP contribution in [0.4, 0.5) is 0 Å². The topological polar surface area (TPSA) is 0 Å². The van der Waals surface area contributed by atoms with Gasteiger partial charge in [0.25, 0.3) is 0 Å². The van der Waals surface area contributed by atoms with Crippen molar-refractivity contribution in [3.8, 4) is 0 Å². The third kappa shape index (κ3) is 4.28. The third-order valence-electron chi connectivity index (χ3n) is 1.15. The summed E-state index contributed by atoms with van der Waals surface area (Å²) in [5.41, 5.74) is 1.15. The average molecular weight is 145 g/mol. The Kier molecular flexibility index (Phi) is 4.51. The molecule has 0 aliphatic rings. The van der Waals surface area contributed by atoms with Crippen molar-refractivity contribution in [2.24, 2.45) is 0 Å². The zero-order valence-electron chi connectivity index (χ0n) is 6.24. The van der Waals surface area contributed by atoms with Crippen LogP contribution in [0.3, 0.4) is 0 Å². The summed E-state index contributed by atoms with van der Waals surface area (Å²) >= 11 is 5.69. The SMILES string of the molecule is CC/C=C\C(C)=C(/C)Cl. The fraction of sp³-hybridized carbons (Fsp3) is 0.500. The van der Waals surface area contributed by atoms with Crippen molar-refractivity contribution in [3.05, 3.63) is 22.8 Å². The van der Waals surface area contributed by atoms with Crippen molar-refractivity contribution in [2.75, 3.05) is 0 Å². The predicted molar refractivity (Wildman–Crippen MR) is 43.7 cm³/mol. The molecule has 0 bridgehead atoms. The van der Waals surface area contributed by atoms with Crippen molar-refractivity contribution in [2.45, 2.75) is 27.2 Å². The van der Waals surface area contributed by atoms with Gasteiger partial charge >= 0.3 is 0 Å². The maximum absolute atomic E-state index is 5.69. The Morgan fingerprint density at radius 1 is 1.44 bits per heavy atom. The molecule has 0 aliphatic carbocycles. The summed E-state index contributed by atoms with van der Waals surface area (Å²) < 4.78 is 0.